The molecule has 134 valence electrons. The van der Waals surface area contributed by atoms with E-state index >= 15 is 0 Å². The maximum Gasteiger partial charge on any atom is 0.0717 e. The fourth-order valence-corrected chi connectivity index (χ4v) is 4.27. The van der Waals surface area contributed by atoms with Gasteiger partial charge in [-0.1, -0.05) is 74.0 Å². The summed E-state index contributed by atoms with van der Waals surface area (Å²) in [6.45, 7) is 3.73. The van der Waals surface area contributed by atoms with Crippen molar-refractivity contribution in [3.8, 4) is 0 Å². The van der Waals surface area contributed by atoms with E-state index in [0.717, 1.165) is 19.4 Å². The van der Waals surface area contributed by atoms with Crippen molar-refractivity contribution in [3.63, 3.8) is 0 Å². The Bertz CT molecular complexity index is 611. The maximum absolute atomic E-state index is 10.8. The van der Waals surface area contributed by atoms with E-state index in [1.54, 1.807) is 0 Å². The summed E-state index contributed by atoms with van der Waals surface area (Å²) in [6.07, 6.45) is 4.10. The SMILES string of the molecule is C[C@H](COCc1ccccc1)[C@H]1CCC[C@@H]1[C@@H](O)Cc1ccccc1. The summed E-state index contributed by atoms with van der Waals surface area (Å²) in [5.41, 5.74) is 2.45. The van der Waals surface area contributed by atoms with Crippen LogP contribution in [0.4, 0.5) is 0 Å². The van der Waals surface area contributed by atoms with E-state index in [2.05, 4.69) is 43.3 Å². The first kappa shape index (κ1) is 18.2. The van der Waals surface area contributed by atoms with Gasteiger partial charge in [-0.25, -0.2) is 0 Å². The Morgan fingerprint density at radius 2 is 1.52 bits per heavy atom. The molecule has 0 amide bonds. The average Bonchev–Trinajstić information content (AvgIpc) is 3.13. The zero-order valence-electron chi connectivity index (χ0n) is 15.2. The second kappa shape index (κ2) is 9.17. The molecular formula is C23H30O2. The average molecular weight is 338 g/mol. The predicted molar refractivity (Wildman–Crippen MR) is 102 cm³/mol. The van der Waals surface area contributed by atoms with Gasteiger partial charge in [0, 0.05) is 6.61 Å². The number of rotatable bonds is 8. The minimum absolute atomic E-state index is 0.244. The summed E-state index contributed by atoms with van der Waals surface area (Å²) < 4.78 is 5.96. The first-order valence-corrected chi connectivity index (χ1v) is 9.57. The number of benzene rings is 2. The third-order valence-corrected chi connectivity index (χ3v) is 5.63. The smallest absolute Gasteiger partial charge is 0.0717 e. The highest BCUT2D eigenvalue weighted by atomic mass is 16.5. The molecule has 0 aromatic heterocycles. The highest BCUT2D eigenvalue weighted by Gasteiger charge is 2.35. The van der Waals surface area contributed by atoms with Gasteiger partial charge in [0.25, 0.3) is 0 Å². The van der Waals surface area contributed by atoms with Gasteiger partial charge in [0.2, 0.25) is 0 Å². The number of hydrogen-bond donors (Lipinski definition) is 1. The molecule has 2 nitrogen and oxygen atoms in total. The van der Waals surface area contributed by atoms with Crippen LogP contribution in [-0.2, 0) is 17.8 Å². The molecule has 2 heteroatoms. The highest BCUT2D eigenvalue weighted by Crippen LogP contribution is 2.40. The second-order valence-corrected chi connectivity index (χ2v) is 7.49. The van der Waals surface area contributed by atoms with Crippen molar-refractivity contribution >= 4 is 0 Å². The van der Waals surface area contributed by atoms with Crippen molar-refractivity contribution < 1.29 is 9.84 Å². The normalized spacial score (nSPS) is 22.6. The molecule has 0 unspecified atom stereocenters. The second-order valence-electron chi connectivity index (χ2n) is 7.49. The number of aliphatic hydroxyl groups is 1. The van der Waals surface area contributed by atoms with Crippen LogP contribution in [0.15, 0.2) is 60.7 Å². The molecule has 25 heavy (non-hydrogen) atoms. The molecule has 2 aromatic carbocycles. The van der Waals surface area contributed by atoms with E-state index in [4.69, 9.17) is 4.74 Å². The molecule has 0 heterocycles. The van der Waals surface area contributed by atoms with Gasteiger partial charge >= 0.3 is 0 Å². The van der Waals surface area contributed by atoms with Gasteiger partial charge in [-0.05, 0) is 48.1 Å². The topological polar surface area (TPSA) is 29.5 Å². The van der Waals surface area contributed by atoms with Gasteiger partial charge in [-0.15, -0.1) is 0 Å². The van der Waals surface area contributed by atoms with Crippen LogP contribution in [0, 0.1) is 17.8 Å². The Balaban J connectivity index is 1.49. The molecule has 1 aliphatic rings. The minimum Gasteiger partial charge on any atom is -0.392 e. The van der Waals surface area contributed by atoms with E-state index in [-0.39, 0.29) is 6.10 Å². The van der Waals surface area contributed by atoms with Crippen molar-refractivity contribution in [2.45, 2.75) is 45.3 Å². The summed E-state index contributed by atoms with van der Waals surface area (Å²) in [5, 5.41) is 10.8. The molecule has 0 radical (unpaired) electrons. The van der Waals surface area contributed by atoms with Crippen LogP contribution in [0.3, 0.4) is 0 Å². The van der Waals surface area contributed by atoms with Crippen molar-refractivity contribution in [2.24, 2.45) is 17.8 Å². The van der Waals surface area contributed by atoms with E-state index < -0.39 is 0 Å². The number of aliphatic hydroxyl groups excluding tert-OH is 1. The molecule has 1 aliphatic carbocycles. The van der Waals surface area contributed by atoms with E-state index in [9.17, 15) is 5.11 Å². The molecule has 1 N–H and O–H groups in total. The quantitative estimate of drug-likeness (QED) is 0.745. The molecule has 1 fully saturated rings. The minimum atomic E-state index is -0.244. The van der Waals surface area contributed by atoms with Crippen molar-refractivity contribution in [3.05, 3.63) is 71.8 Å². The van der Waals surface area contributed by atoms with Crippen LogP contribution in [-0.4, -0.2) is 17.8 Å². The molecule has 1 saturated carbocycles. The van der Waals surface area contributed by atoms with Gasteiger partial charge in [0.15, 0.2) is 0 Å². The lowest BCUT2D eigenvalue weighted by Crippen LogP contribution is -2.31. The number of hydrogen-bond acceptors (Lipinski definition) is 2. The Morgan fingerprint density at radius 1 is 0.920 bits per heavy atom. The highest BCUT2D eigenvalue weighted by molar-refractivity contribution is 5.16. The third kappa shape index (κ3) is 5.17. The zero-order chi connectivity index (χ0) is 17.5. The molecule has 2 aromatic rings. The van der Waals surface area contributed by atoms with Crippen LogP contribution in [0.25, 0.3) is 0 Å². The van der Waals surface area contributed by atoms with Crippen molar-refractivity contribution in [1.82, 2.24) is 0 Å². The molecule has 4 atom stereocenters. The van der Waals surface area contributed by atoms with Crippen molar-refractivity contribution in [1.29, 1.82) is 0 Å². The monoisotopic (exact) mass is 338 g/mol. The molecular weight excluding hydrogens is 308 g/mol. The Kier molecular flexibility index (Phi) is 6.66. The van der Waals surface area contributed by atoms with Crippen LogP contribution in [0.2, 0.25) is 0 Å². The molecule has 0 aliphatic heterocycles. The Labute approximate surface area is 151 Å². The fraction of sp³-hybridized carbons (Fsp3) is 0.478. The summed E-state index contributed by atoms with van der Waals surface area (Å²) in [5.74, 6) is 1.45. The first-order chi connectivity index (χ1) is 12.2. The molecule has 0 spiro atoms. The van der Waals surface area contributed by atoms with E-state index in [1.807, 2.05) is 24.3 Å². The molecule has 0 saturated heterocycles. The van der Waals surface area contributed by atoms with Crippen LogP contribution < -0.4 is 0 Å². The van der Waals surface area contributed by atoms with Crippen LogP contribution in [0.1, 0.15) is 37.3 Å². The summed E-state index contributed by atoms with van der Waals surface area (Å²) >= 11 is 0. The standard InChI is InChI=1S/C23H30O2/c1-18(16-25-17-20-11-6-3-7-12-20)21-13-8-14-22(21)23(24)15-19-9-4-2-5-10-19/h2-7,9-12,18,21-24H,8,13-17H2,1H3/t18-,21-,22+,23+/m1/s1. The van der Waals surface area contributed by atoms with Gasteiger partial charge in [-0.2, -0.15) is 0 Å². The number of ether oxygens (including phenoxy) is 1. The van der Waals surface area contributed by atoms with E-state index in [0.29, 0.717) is 24.4 Å². The maximum atomic E-state index is 10.8. The third-order valence-electron chi connectivity index (χ3n) is 5.63. The lowest BCUT2D eigenvalue weighted by Gasteiger charge is -2.29. The van der Waals surface area contributed by atoms with Gasteiger partial charge < -0.3 is 9.84 Å². The lowest BCUT2D eigenvalue weighted by atomic mass is 9.80. The van der Waals surface area contributed by atoms with Crippen molar-refractivity contribution in [2.75, 3.05) is 6.61 Å². The summed E-state index contributed by atoms with van der Waals surface area (Å²) in [7, 11) is 0. The largest absolute Gasteiger partial charge is 0.392 e. The van der Waals surface area contributed by atoms with Gasteiger partial charge in [-0.3, -0.25) is 0 Å². The van der Waals surface area contributed by atoms with Crippen LogP contribution in [0.5, 0.6) is 0 Å². The van der Waals surface area contributed by atoms with Gasteiger partial charge in [0.05, 0.1) is 12.7 Å². The summed E-state index contributed by atoms with van der Waals surface area (Å²) in [6, 6.07) is 20.7. The molecule has 0 bridgehead atoms. The summed E-state index contributed by atoms with van der Waals surface area (Å²) in [4.78, 5) is 0. The van der Waals surface area contributed by atoms with E-state index in [1.165, 1.54) is 24.0 Å². The first-order valence-electron chi connectivity index (χ1n) is 9.57. The molecule has 3 rings (SSSR count). The van der Waals surface area contributed by atoms with Crippen LogP contribution >= 0.6 is 0 Å². The fourth-order valence-electron chi connectivity index (χ4n) is 4.27. The Hall–Kier alpha value is -1.64. The zero-order valence-corrected chi connectivity index (χ0v) is 15.2. The Morgan fingerprint density at radius 3 is 2.20 bits per heavy atom. The lowest BCUT2D eigenvalue weighted by molar-refractivity contribution is 0.0293. The van der Waals surface area contributed by atoms with Gasteiger partial charge in [0.1, 0.15) is 0 Å². The predicted octanol–water partition coefficient (Wildman–Crippen LogP) is 4.86.